The summed E-state index contributed by atoms with van der Waals surface area (Å²) in [6.45, 7) is 1.96. The highest BCUT2D eigenvalue weighted by Gasteiger charge is 2.21. The molecule has 0 fully saturated rings. The van der Waals surface area contributed by atoms with Crippen molar-refractivity contribution in [2.75, 3.05) is 7.11 Å². The van der Waals surface area contributed by atoms with Crippen LogP contribution in [0.1, 0.15) is 22.8 Å². The van der Waals surface area contributed by atoms with Gasteiger partial charge < -0.3 is 9.84 Å². The quantitative estimate of drug-likeness (QED) is 0.925. The molecular weight excluding hydrogens is 311 g/mol. The van der Waals surface area contributed by atoms with Crippen LogP contribution in [0.25, 0.3) is 0 Å². The van der Waals surface area contributed by atoms with Gasteiger partial charge in [-0.05, 0) is 24.6 Å². The Balaban J connectivity index is 2.49. The molecule has 100 valence electrons. The summed E-state index contributed by atoms with van der Waals surface area (Å²) in [6.07, 6.45) is -1.04. The summed E-state index contributed by atoms with van der Waals surface area (Å²) >= 11 is 3.27. The summed E-state index contributed by atoms with van der Waals surface area (Å²) in [4.78, 5) is 0. The van der Waals surface area contributed by atoms with Crippen molar-refractivity contribution in [3.63, 3.8) is 0 Å². The Bertz CT molecular complexity index is 581. The molecule has 0 radical (unpaired) electrons. The maximum Gasteiger partial charge on any atom is 0.172 e. The molecule has 0 spiro atoms. The molecule has 1 N–H and O–H groups in total. The molecule has 19 heavy (non-hydrogen) atoms. The van der Waals surface area contributed by atoms with Gasteiger partial charge in [0.1, 0.15) is 6.10 Å². The summed E-state index contributed by atoms with van der Waals surface area (Å²) < 4.78 is 19.7. The zero-order valence-corrected chi connectivity index (χ0v) is 12.2. The third-order valence-corrected chi connectivity index (χ3v) is 3.67. The van der Waals surface area contributed by atoms with Crippen LogP contribution < -0.4 is 4.74 Å². The lowest BCUT2D eigenvalue weighted by Gasteiger charge is -2.16. The minimum Gasteiger partial charge on any atom is -0.494 e. The first-order valence-electron chi connectivity index (χ1n) is 5.81. The first-order chi connectivity index (χ1) is 9.04. The molecular formula is C15H14BrFO2. The first-order valence-corrected chi connectivity index (χ1v) is 6.60. The van der Waals surface area contributed by atoms with Crippen LogP contribution in [-0.4, -0.2) is 12.2 Å². The highest BCUT2D eigenvalue weighted by molar-refractivity contribution is 9.10. The van der Waals surface area contributed by atoms with Crippen molar-refractivity contribution in [2.45, 2.75) is 13.0 Å². The predicted octanol–water partition coefficient (Wildman–Crippen LogP) is 3.99. The minimum atomic E-state index is -1.04. The molecule has 2 nitrogen and oxygen atoms in total. The van der Waals surface area contributed by atoms with Gasteiger partial charge in [-0.25, -0.2) is 4.39 Å². The Morgan fingerprint density at radius 1 is 1.16 bits per heavy atom. The van der Waals surface area contributed by atoms with E-state index in [0.717, 1.165) is 5.56 Å². The number of rotatable bonds is 3. The van der Waals surface area contributed by atoms with E-state index in [1.54, 1.807) is 18.2 Å². The zero-order valence-electron chi connectivity index (χ0n) is 10.7. The van der Waals surface area contributed by atoms with Crippen molar-refractivity contribution < 1.29 is 14.2 Å². The number of aliphatic hydroxyl groups is 1. The molecule has 2 aromatic rings. The lowest BCUT2D eigenvalue weighted by Crippen LogP contribution is -2.05. The molecule has 0 saturated carbocycles. The number of hydrogen-bond donors (Lipinski definition) is 1. The molecule has 0 aliphatic heterocycles. The molecule has 4 heteroatoms. The third-order valence-electron chi connectivity index (χ3n) is 2.98. The molecule has 0 saturated heterocycles. The highest BCUT2D eigenvalue weighted by atomic mass is 79.9. The number of aliphatic hydroxyl groups excluding tert-OH is 1. The maximum absolute atomic E-state index is 14.2. The van der Waals surface area contributed by atoms with Crippen molar-refractivity contribution in [1.82, 2.24) is 0 Å². The Labute approximate surface area is 120 Å². The van der Waals surface area contributed by atoms with Crippen LogP contribution in [-0.2, 0) is 0 Å². The van der Waals surface area contributed by atoms with Gasteiger partial charge in [0.15, 0.2) is 11.6 Å². The molecule has 1 atom stereocenters. The van der Waals surface area contributed by atoms with Crippen LogP contribution >= 0.6 is 15.9 Å². The second-order valence-corrected chi connectivity index (χ2v) is 5.14. The van der Waals surface area contributed by atoms with E-state index in [4.69, 9.17) is 4.74 Å². The van der Waals surface area contributed by atoms with E-state index in [9.17, 15) is 9.50 Å². The van der Waals surface area contributed by atoms with E-state index in [1.165, 1.54) is 13.2 Å². The van der Waals surface area contributed by atoms with Crippen molar-refractivity contribution in [2.24, 2.45) is 0 Å². The van der Waals surface area contributed by atoms with E-state index >= 15 is 0 Å². The lowest BCUT2D eigenvalue weighted by atomic mass is 10.00. The normalized spacial score (nSPS) is 12.3. The fraction of sp³-hybridized carbons (Fsp3) is 0.200. The van der Waals surface area contributed by atoms with Gasteiger partial charge in [0, 0.05) is 10.0 Å². The Kier molecular flexibility index (Phi) is 4.22. The van der Waals surface area contributed by atoms with Gasteiger partial charge in [-0.15, -0.1) is 0 Å². The molecule has 0 aliphatic carbocycles. The fourth-order valence-corrected chi connectivity index (χ4v) is 2.40. The number of hydrogen-bond acceptors (Lipinski definition) is 2. The molecule has 2 aromatic carbocycles. The molecule has 0 aromatic heterocycles. The molecule has 0 aliphatic rings. The Morgan fingerprint density at radius 2 is 1.79 bits per heavy atom. The van der Waals surface area contributed by atoms with Gasteiger partial charge in [0.25, 0.3) is 0 Å². The van der Waals surface area contributed by atoms with Crippen LogP contribution in [0.2, 0.25) is 0 Å². The van der Waals surface area contributed by atoms with Crippen molar-refractivity contribution in [3.05, 3.63) is 63.4 Å². The summed E-state index contributed by atoms with van der Waals surface area (Å²) in [7, 11) is 1.40. The van der Waals surface area contributed by atoms with E-state index in [2.05, 4.69) is 15.9 Å². The highest BCUT2D eigenvalue weighted by Crippen LogP contribution is 2.35. The van der Waals surface area contributed by atoms with E-state index in [1.807, 2.05) is 19.1 Å². The average molecular weight is 325 g/mol. The zero-order chi connectivity index (χ0) is 14.0. The monoisotopic (exact) mass is 324 g/mol. The fourth-order valence-electron chi connectivity index (χ4n) is 1.87. The number of ether oxygens (including phenoxy) is 1. The van der Waals surface area contributed by atoms with Gasteiger partial charge >= 0.3 is 0 Å². The SMILES string of the molecule is COc1ccc(Br)c(C(O)c2ccc(C)cc2)c1F. The first kappa shape index (κ1) is 14.0. The van der Waals surface area contributed by atoms with E-state index in [0.29, 0.717) is 10.0 Å². The predicted molar refractivity (Wildman–Crippen MR) is 75.9 cm³/mol. The van der Waals surface area contributed by atoms with Gasteiger partial charge in [0.2, 0.25) is 0 Å². The second-order valence-electron chi connectivity index (χ2n) is 4.29. The van der Waals surface area contributed by atoms with Crippen molar-refractivity contribution >= 4 is 15.9 Å². The van der Waals surface area contributed by atoms with E-state index < -0.39 is 11.9 Å². The van der Waals surface area contributed by atoms with Gasteiger partial charge in [0.05, 0.1) is 7.11 Å². The van der Waals surface area contributed by atoms with Crippen LogP contribution in [0.5, 0.6) is 5.75 Å². The van der Waals surface area contributed by atoms with E-state index in [-0.39, 0.29) is 11.3 Å². The number of methoxy groups -OCH3 is 1. The Morgan fingerprint density at radius 3 is 2.37 bits per heavy atom. The lowest BCUT2D eigenvalue weighted by molar-refractivity contribution is 0.212. The molecule has 0 bridgehead atoms. The molecule has 0 heterocycles. The topological polar surface area (TPSA) is 29.5 Å². The Hall–Kier alpha value is -1.39. The van der Waals surface area contributed by atoms with Crippen molar-refractivity contribution in [1.29, 1.82) is 0 Å². The summed E-state index contributed by atoms with van der Waals surface area (Å²) in [5.74, 6) is -0.436. The summed E-state index contributed by atoms with van der Waals surface area (Å²) in [5.41, 5.74) is 1.91. The number of halogens is 2. The standard InChI is InChI=1S/C15H14BrFO2/c1-9-3-5-10(6-4-9)15(18)13-11(16)7-8-12(19-2)14(13)17/h3-8,15,18H,1-2H3. The van der Waals surface area contributed by atoms with Crippen LogP contribution in [0.15, 0.2) is 40.9 Å². The van der Waals surface area contributed by atoms with Gasteiger partial charge in [-0.2, -0.15) is 0 Å². The molecule has 2 rings (SSSR count). The largest absolute Gasteiger partial charge is 0.494 e. The smallest absolute Gasteiger partial charge is 0.172 e. The van der Waals surface area contributed by atoms with Crippen LogP contribution in [0.3, 0.4) is 0 Å². The summed E-state index contributed by atoms with van der Waals surface area (Å²) in [5, 5.41) is 10.3. The number of benzene rings is 2. The minimum absolute atomic E-state index is 0.115. The van der Waals surface area contributed by atoms with Crippen LogP contribution in [0.4, 0.5) is 4.39 Å². The van der Waals surface area contributed by atoms with Crippen LogP contribution in [0, 0.1) is 12.7 Å². The van der Waals surface area contributed by atoms with Gasteiger partial charge in [-0.1, -0.05) is 45.8 Å². The second kappa shape index (κ2) is 5.72. The molecule has 1 unspecified atom stereocenters. The summed E-state index contributed by atoms with van der Waals surface area (Å²) in [6, 6.07) is 10.5. The molecule has 0 amide bonds. The van der Waals surface area contributed by atoms with Gasteiger partial charge in [-0.3, -0.25) is 0 Å². The average Bonchev–Trinajstić information content (AvgIpc) is 2.39. The number of aryl methyl sites for hydroxylation is 1. The third kappa shape index (κ3) is 2.80. The van der Waals surface area contributed by atoms with Crippen molar-refractivity contribution in [3.8, 4) is 5.75 Å². The maximum atomic E-state index is 14.2.